The molecule has 0 saturated heterocycles. The number of hydrogen-bond acceptors (Lipinski definition) is 0. The Bertz CT molecular complexity index is 1780. The van der Waals surface area contributed by atoms with E-state index in [1.165, 1.54) is 477 Å². The first-order valence-corrected chi connectivity index (χ1v) is 52.4. The molecule has 0 radical (unpaired) electrons. The molecule has 0 unspecified atom stereocenters. The molecule has 0 spiro atoms. The molecule has 5 heteroatoms. The first-order valence-electron chi connectivity index (χ1n) is 49.8. The first-order chi connectivity index (χ1) is 52.4. The van der Waals surface area contributed by atoms with Gasteiger partial charge in [-0.1, -0.05) is 386 Å². The standard InChI is InChI=1S/C26H56N.C26H56P.C19H34N.C16H36N.C15H26N/c2*1-5-9-13-14-15-16-17-18-19-20-21-22-26-27(23-10-6-2,24-11-7-3)25-12-8-4;1-2-3-4-5-6-7-8-9-10-11-12-14-17-20-18-15-13-16-19-20;1-5-9-13-17(14-10-6-2,15-11-7-3)16-12-8-4;1-4-5-6-7-8-9-10-16-12-14(2)11-15(3)13-16/h2*5-26H2,1-4H3;13,15-16,18-19H,2-12,14,17H2,1H3;5-16H2,1-4H3;11-13H,4-10H2,1-3H3/q5*+1. The minimum atomic E-state index is -0.626. The van der Waals surface area contributed by atoms with Gasteiger partial charge in [-0.2, -0.15) is 0 Å². The van der Waals surface area contributed by atoms with Gasteiger partial charge in [-0.25, -0.2) is 9.13 Å². The summed E-state index contributed by atoms with van der Waals surface area (Å²) in [5.74, 6) is 0. The van der Waals surface area contributed by atoms with E-state index < -0.39 is 7.26 Å². The Labute approximate surface area is 680 Å². The predicted molar refractivity (Wildman–Crippen MR) is 494 cm³/mol. The van der Waals surface area contributed by atoms with Gasteiger partial charge in [0.25, 0.3) is 0 Å². The zero-order valence-electron chi connectivity index (χ0n) is 77.6. The Morgan fingerprint density at radius 2 is 0.402 bits per heavy atom. The fourth-order valence-electron chi connectivity index (χ4n) is 16.4. The molecule has 0 fully saturated rings. The molecule has 0 N–H and O–H groups in total. The summed E-state index contributed by atoms with van der Waals surface area (Å²) >= 11 is 0. The molecule has 2 heterocycles. The molecule has 636 valence electrons. The second-order valence-corrected chi connectivity index (χ2v) is 39.4. The van der Waals surface area contributed by atoms with Gasteiger partial charge in [-0.05, 0) is 123 Å². The molecule has 2 rings (SSSR count). The van der Waals surface area contributed by atoms with Crippen molar-refractivity contribution >= 4 is 7.26 Å². The molecule has 0 atom stereocenters. The van der Waals surface area contributed by atoms with Gasteiger partial charge in [0.2, 0.25) is 0 Å². The van der Waals surface area contributed by atoms with Gasteiger partial charge in [0.15, 0.2) is 24.8 Å². The van der Waals surface area contributed by atoms with Crippen LogP contribution in [0.25, 0.3) is 0 Å². The molecule has 4 nitrogen and oxygen atoms in total. The van der Waals surface area contributed by atoms with E-state index in [4.69, 9.17) is 0 Å². The monoisotopic (exact) mass is 1520 g/mol. The van der Waals surface area contributed by atoms with Crippen molar-refractivity contribution < 1.29 is 18.1 Å². The summed E-state index contributed by atoms with van der Waals surface area (Å²) in [7, 11) is -0.626. The highest BCUT2D eigenvalue weighted by Gasteiger charge is 2.35. The molecular formula is C102H208N4P+5. The summed E-state index contributed by atoms with van der Waals surface area (Å²) in [6.45, 7) is 50.9. The highest BCUT2D eigenvalue weighted by Crippen LogP contribution is 2.61. The summed E-state index contributed by atoms with van der Waals surface area (Å²) in [6.07, 6.45) is 104. The van der Waals surface area contributed by atoms with Gasteiger partial charge in [0.05, 0.1) is 77.0 Å². The lowest BCUT2D eigenvalue weighted by atomic mass is 10.0. The van der Waals surface area contributed by atoms with Crippen molar-refractivity contribution in [3.63, 3.8) is 0 Å². The van der Waals surface area contributed by atoms with Crippen LogP contribution in [0, 0.1) is 13.8 Å². The van der Waals surface area contributed by atoms with Gasteiger partial charge in [0, 0.05) is 43.4 Å². The molecule has 0 aliphatic carbocycles. The Morgan fingerprint density at radius 1 is 0.206 bits per heavy atom. The third-order valence-corrected chi connectivity index (χ3v) is 28.9. The van der Waals surface area contributed by atoms with Crippen LogP contribution in [0.15, 0.2) is 49.1 Å². The lowest BCUT2D eigenvalue weighted by Crippen LogP contribution is -2.50. The van der Waals surface area contributed by atoms with Crippen LogP contribution in [0.2, 0.25) is 0 Å². The topological polar surface area (TPSA) is 7.76 Å². The number of pyridine rings is 2. The molecule has 0 aromatic carbocycles. The zero-order chi connectivity index (χ0) is 79.2. The number of aryl methyl sites for hydroxylation is 4. The van der Waals surface area contributed by atoms with Crippen molar-refractivity contribution in [3.05, 3.63) is 60.2 Å². The maximum Gasteiger partial charge on any atom is 0.171 e. The summed E-state index contributed by atoms with van der Waals surface area (Å²) in [5, 5.41) is 0. The lowest BCUT2D eigenvalue weighted by Gasteiger charge is -2.39. The second kappa shape index (κ2) is 88.6. The van der Waals surface area contributed by atoms with Crippen LogP contribution < -0.4 is 9.13 Å². The number of nitrogens with zero attached hydrogens (tertiary/aromatic N) is 4. The van der Waals surface area contributed by atoms with E-state index in [0.29, 0.717) is 0 Å². The highest BCUT2D eigenvalue weighted by molar-refractivity contribution is 7.75. The molecule has 2 aromatic heterocycles. The van der Waals surface area contributed by atoms with E-state index >= 15 is 0 Å². The zero-order valence-corrected chi connectivity index (χ0v) is 78.5. The van der Waals surface area contributed by atoms with Crippen molar-refractivity contribution in [1.82, 2.24) is 0 Å². The van der Waals surface area contributed by atoms with Gasteiger partial charge < -0.3 is 8.97 Å². The minimum absolute atomic E-state index is 0.626. The fraction of sp³-hybridized carbons (Fsp3) is 0.902. The maximum absolute atomic E-state index is 2.39. The normalized spacial score (nSPS) is 11.6. The first kappa shape index (κ1) is 110. The highest BCUT2D eigenvalue weighted by atomic mass is 31.2. The summed E-state index contributed by atoms with van der Waals surface area (Å²) in [5.41, 5.74) is 2.73. The molecule has 0 aliphatic rings. The molecule has 0 saturated carbocycles. The van der Waals surface area contributed by atoms with E-state index in [1.54, 1.807) is 31.1 Å². The Hall–Kier alpha value is -1.35. The van der Waals surface area contributed by atoms with Crippen LogP contribution in [0.1, 0.15) is 506 Å². The average Bonchev–Trinajstić information content (AvgIpc) is 0.849. The molecule has 0 aliphatic heterocycles. The Balaban J connectivity index is -0.00000128. The van der Waals surface area contributed by atoms with Crippen molar-refractivity contribution in [1.29, 1.82) is 0 Å². The third kappa shape index (κ3) is 75.8. The number of aromatic nitrogens is 2. The number of rotatable bonds is 76. The van der Waals surface area contributed by atoms with E-state index in [0.717, 1.165) is 0 Å². The van der Waals surface area contributed by atoms with E-state index in [1.807, 2.05) is 0 Å². The van der Waals surface area contributed by atoms with Crippen LogP contribution in [0.5, 0.6) is 0 Å². The SMILES string of the molecule is CCCCCCCCCCCCCC[N+](CCCC)(CCCC)CCCC.CCCCCCCCCCCCCC[P+](CCCC)(CCCC)CCCC.CCCCCCCCCCCCCC[n+]1ccccc1.CCCCCCCC[n+]1cc(C)cc(C)c1.CCCC[N+](CCCC)(CCCC)CCCC. The van der Waals surface area contributed by atoms with Gasteiger partial charge >= 0.3 is 0 Å². The van der Waals surface area contributed by atoms with Gasteiger partial charge in [0.1, 0.15) is 13.1 Å². The molecule has 0 amide bonds. The molecule has 0 bridgehead atoms. The van der Waals surface area contributed by atoms with Crippen LogP contribution in [0.4, 0.5) is 0 Å². The van der Waals surface area contributed by atoms with Crippen LogP contribution in [-0.4, -0.2) is 86.0 Å². The largest absolute Gasteiger partial charge is 0.324 e. The number of quaternary nitrogens is 2. The van der Waals surface area contributed by atoms with Crippen molar-refractivity contribution in [2.75, 3.05) is 77.0 Å². The van der Waals surface area contributed by atoms with Crippen LogP contribution in [0.3, 0.4) is 0 Å². The minimum Gasteiger partial charge on any atom is -0.324 e. The van der Waals surface area contributed by atoms with Crippen molar-refractivity contribution in [3.8, 4) is 0 Å². The maximum atomic E-state index is 2.39. The average molecular weight is 1520 g/mol. The van der Waals surface area contributed by atoms with Gasteiger partial charge in [-0.15, -0.1) is 0 Å². The number of unbranched alkanes of at least 4 members (excludes halogenated alkanes) is 48. The van der Waals surface area contributed by atoms with E-state index in [2.05, 4.69) is 169 Å². The molecule has 2 aromatic rings. The van der Waals surface area contributed by atoms with Crippen LogP contribution in [-0.2, 0) is 13.1 Å². The van der Waals surface area contributed by atoms with Crippen molar-refractivity contribution in [2.45, 2.75) is 522 Å². The fourth-order valence-corrected chi connectivity index (χ4v) is 21.6. The lowest BCUT2D eigenvalue weighted by molar-refractivity contribution is -0.929. The summed E-state index contributed by atoms with van der Waals surface area (Å²) in [4.78, 5) is 0. The number of hydrogen-bond donors (Lipinski definition) is 0. The third-order valence-electron chi connectivity index (χ3n) is 23.8. The Kier molecular flexibility index (Phi) is 90.9. The smallest absolute Gasteiger partial charge is 0.171 e. The Morgan fingerprint density at radius 3 is 0.654 bits per heavy atom. The molecular weight excluding hydrogens is 1310 g/mol. The summed E-state index contributed by atoms with van der Waals surface area (Å²) < 4.78 is 7.48. The quantitative estimate of drug-likeness (QED) is 0.0270. The predicted octanol–water partition coefficient (Wildman–Crippen LogP) is 33.6. The molecule has 107 heavy (non-hydrogen) atoms. The summed E-state index contributed by atoms with van der Waals surface area (Å²) in [6, 6.07) is 8.54. The van der Waals surface area contributed by atoms with Gasteiger partial charge in [-0.3, -0.25) is 0 Å². The van der Waals surface area contributed by atoms with Crippen molar-refractivity contribution in [2.24, 2.45) is 0 Å². The van der Waals surface area contributed by atoms with E-state index in [9.17, 15) is 0 Å². The van der Waals surface area contributed by atoms with Crippen LogP contribution >= 0.6 is 7.26 Å². The second-order valence-electron chi connectivity index (χ2n) is 34.9. The van der Waals surface area contributed by atoms with E-state index in [-0.39, 0.29) is 0 Å².